The second-order valence-corrected chi connectivity index (χ2v) is 9.34. The van der Waals surface area contributed by atoms with E-state index in [0.717, 1.165) is 30.6 Å². The summed E-state index contributed by atoms with van der Waals surface area (Å²) in [6.07, 6.45) is 12.8. The van der Waals surface area contributed by atoms with Crippen LogP contribution < -0.4 is 11.1 Å². The molecule has 0 unspecified atom stereocenters. The Morgan fingerprint density at radius 2 is 1.72 bits per heavy atom. The van der Waals surface area contributed by atoms with Gasteiger partial charge in [-0.05, 0) is 81.5 Å². The molecule has 25 heavy (non-hydrogen) atoms. The number of carbonyl (C=O) groups is 1. The van der Waals surface area contributed by atoms with Gasteiger partial charge in [-0.2, -0.15) is 0 Å². The Morgan fingerprint density at radius 1 is 1.16 bits per heavy atom. The molecule has 0 spiro atoms. The van der Waals surface area contributed by atoms with Crippen LogP contribution in [0.2, 0.25) is 0 Å². The predicted molar refractivity (Wildman–Crippen MR) is 97.7 cm³/mol. The van der Waals surface area contributed by atoms with Crippen LogP contribution in [0.4, 0.5) is 0 Å². The monoisotopic (exact) mass is 347 g/mol. The van der Waals surface area contributed by atoms with Crippen molar-refractivity contribution in [1.82, 2.24) is 5.32 Å². The highest BCUT2D eigenvalue weighted by molar-refractivity contribution is 5.82. The van der Waals surface area contributed by atoms with Gasteiger partial charge in [-0.15, -0.1) is 0 Å². The van der Waals surface area contributed by atoms with Crippen LogP contribution in [-0.4, -0.2) is 24.4 Å². The molecule has 5 aliphatic rings. The van der Waals surface area contributed by atoms with E-state index in [4.69, 9.17) is 10.6 Å². The number of oxime groups is 1. The highest BCUT2D eigenvalue weighted by atomic mass is 16.6. The zero-order valence-electron chi connectivity index (χ0n) is 15.5. The molecule has 5 heteroatoms. The fraction of sp³-hybridized carbons (Fsp3) is 0.900. The summed E-state index contributed by atoms with van der Waals surface area (Å²) in [6.45, 7) is 2.17. The first-order chi connectivity index (χ1) is 12.0. The number of carbonyl (C=O) groups excluding carboxylic acids is 1. The molecule has 0 aromatic heterocycles. The SMILES string of the molecule is C[C@@H](NC(=O)CO/N=C(/N)C1CCCC1)C12CC3CC(CC(C3)C1)C2. The smallest absolute Gasteiger partial charge is 0.261 e. The number of amidine groups is 1. The Labute approximate surface area is 151 Å². The molecular formula is C20H33N3O2. The van der Waals surface area contributed by atoms with Crippen LogP contribution in [0.5, 0.6) is 0 Å². The maximum absolute atomic E-state index is 12.3. The van der Waals surface area contributed by atoms with E-state index in [1.54, 1.807) is 0 Å². The van der Waals surface area contributed by atoms with Gasteiger partial charge in [0.15, 0.2) is 6.61 Å². The van der Waals surface area contributed by atoms with Gasteiger partial charge in [-0.3, -0.25) is 4.79 Å². The summed E-state index contributed by atoms with van der Waals surface area (Å²) in [4.78, 5) is 17.5. The number of hydrogen-bond acceptors (Lipinski definition) is 3. The van der Waals surface area contributed by atoms with E-state index in [9.17, 15) is 4.79 Å². The van der Waals surface area contributed by atoms with Crippen LogP contribution >= 0.6 is 0 Å². The van der Waals surface area contributed by atoms with Crippen LogP contribution in [0.25, 0.3) is 0 Å². The molecule has 5 aliphatic carbocycles. The number of nitrogens with zero attached hydrogens (tertiary/aromatic N) is 1. The minimum atomic E-state index is -0.0637. The molecule has 5 saturated carbocycles. The first-order valence-electron chi connectivity index (χ1n) is 10.3. The lowest BCUT2D eigenvalue weighted by Gasteiger charge is -2.59. The largest absolute Gasteiger partial charge is 0.384 e. The average Bonchev–Trinajstić information content (AvgIpc) is 3.08. The van der Waals surface area contributed by atoms with Gasteiger partial charge in [-0.1, -0.05) is 18.0 Å². The van der Waals surface area contributed by atoms with Gasteiger partial charge >= 0.3 is 0 Å². The van der Waals surface area contributed by atoms with Gasteiger partial charge in [0.1, 0.15) is 5.84 Å². The molecule has 1 atom stereocenters. The Balaban J connectivity index is 1.27. The second kappa shape index (κ2) is 6.81. The van der Waals surface area contributed by atoms with Crippen molar-refractivity contribution in [2.24, 2.45) is 40.0 Å². The van der Waals surface area contributed by atoms with Gasteiger partial charge in [0, 0.05) is 12.0 Å². The summed E-state index contributed by atoms with van der Waals surface area (Å²) < 4.78 is 0. The third-order valence-corrected chi connectivity index (χ3v) is 7.52. The van der Waals surface area contributed by atoms with Crippen LogP contribution in [0.3, 0.4) is 0 Å². The van der Waals surface area contributed by atoms with E-state index in [0.29, 0.717) is 17.2 Å². The molecule has 0 heterocycles. The van der Waals surface area contributed by atoms with Crippen molar-refractivity contribution in [1.29, 1.82) is 0 Å². The zero-order valence-corrected chi connectivity index (χ0v) is 15.5. The minimum Gasteiger partial charge on any atom is -0.384 e. The first kappa shape index (κ1) is 17.2. The van der Waals surface area contributed by atoms with Gasteiger partial charge in [-0.25, -0.2) is 0 Å². The summed E-state index contributed by atoms with van der Waals surface area (Å²) in [5.41, 5.74) is 6.29. The third kappa shape index (κ3) is 3.52. The fourth-order valence-corrected chi connectivity index (χ4v) is 6.61. The van der Waals surface area contributed by atoms with E-state index >= 15 is 0 Å². The second-order valence-electron chi connectivity index (χ2n) is 9.34. The Morgan fingerprint density at radius 3 is 2.28 bits per heavy atom. The van der Waals surface area contributed by atoms with E-state index in [2.05, 4.69) is 17.4 Å². The number of nitrogens with one attached hydrogen (secondary N) is 1. The molecule has 0 aromatic rings. The molecule has 5 nitrogen and oxygen atoms in total. The van der Waals surface area contributed by atoms with Crippen molar-refractivity contribution in [2.45, 2.75) is 77.2 Å². The number of amides is 1. The number of hydrogen-bond donors (Lipinski definition) is 2. The van der Waals surface area contributed by atoms with Crippen molar-refractivity contribution in [3.8, 4) is 0 Å². The van der Waals surface area contributed by atoms with E-state index in [1.165, 1.54) is 51.4 Å². The standard InChI is InChI=1S/C20H33N3O2/c1-13(20-9-14-6-15(10-20)8-16(7-14)11-20)22-18(24)12-25-23-19(21)17-4-2-3-5-17/h13-17H,2-12H2,1H3,(H2,21,23)(H,22,24)/t13-,14?,15?,16?,20?/m1/s1. The topological polar surface area (TPSA) is 76.7 Å². The first-order valence-corrected chi connectivity index (χ1v) is 10.3. The molecule has 1 amide bonds. The van der Waals surface area contributed by atoms with E-state index < -0.39 is 0 Å². The van der Waals surface area contributed by atoms with Crippen molar-refractivity contribution < 1.29 is 9.63 Å². The molecule has 140 valence electrons. The van der Waals surface area contributed by atoms with Crippen molar-refractivity contribution >= 4 is 11.7 Å². The highest BCUT2D eigenvalue weighted by Crippen LogP contribution is 2.61. The van der Waals surface area contributed by atoms with Crippen LogP contribution in [0.1, 0.15) is 71.1 Å². The lowest BCUT2D eigenvalue weighted by atomic mass is 9.48. The summed E-state index contributed by atoms with van der Waals surface area (Å²) >= 11 is 0. The number of rotatable bonds is 6. The fourth-order valence-electron chi connectivity index (χ4n) is 6.61. The van der Waals surface area contributed by atoms with Crippen molar-refractivity contribution in [3.05, 3.63) is 0 Å². The summed E-state index contributed by atoms with van der Waals surface area (Å²) in [6, 6.07) is 0.230. The normalized spacial score (nSPS) is 38.8. The highest BCUT2D eigenvalue weighted by Gasteiger charge is 2.53. The van der Waals surface area contributed by atoms with Gasteiger partial charge < -0.3 is 15.9 Å². The van der Waals surface area contributed by atoms with Gasteiger partial charge in [0.2, 0.25) is 0 Å². The van der Waals surface area contributed by atoms with Crippen LogP contribution in [-0.2, 0) is 9.63 Å². The third-order valence-electron chi connectivity index (χ3n) is 7.52. The maximum atomic E-state index is 12.3. The molecular weight excluding hydrogens is 314 g/mol. The molecule has 5 rings (SSSR count). The average molecular weight is 348 g/mol. The van der Waals surface area contributed by atoms with Crippen LogP contribution in [0, 0.1) is 29.1 Å². The maximum Gasteiger partial charge on any atom is 0.261 e. The lowest BCUT2D eigenvalue weighted by molar-refractivity contribution is -0.130. The molecule has 0 aliphatic heterocycles. The Bertz CT molecular complexity index is 504. The summed E-state index contributed by atoms with van der Waals surface area (Å²) in [5.74, 6) is 3.53. The molecule has 5 fully saturated rings. The van der Waals surface area contributed by atoms with E-state index in [-0.39, 0.29) is 18.6 Å². The molecule has 0 saturated heterocycles. The quantitative estimate of drug-likeness (QED) is 0.440. The Kier molecular flexibility index (Phi) is 4.67. The van der Waals surface area contributed by atoms with Gasteiger partial charge in [0.25, 0.3) is 5.91 Å². The molecule has 0 aromatic carbocycles. The predicted octanol–water partition coefficient (Wildman–Crippen LogP) is 3.19. The molecule has 0 radical (unpaired) electrons. The molecule has 4 bridgehead atoms. The minimum absolute atomic E-state index is 0.0237. The summed E-state index contributed by atoms with van der Waals surface area (Å²) in [7, 11) is 0. The molecule has 3 N–H and O–H groups in total. The van der Waals surface area contributed by atoms with Crippen molar-refractivity contribution in [3.63, 3.8) is 0 Å². The summed E-state index contributed by atoms with van der Waals surface area (Å²) in [5, 5.41) is 7.19. The lowest BCUT2D eigenvalue weighted by Crippen LogP contribution is -2.56. The van der Waals surface area contributed by atoms with Crippen molar-refractivity contribution in [2.75, 3.05) is 6.61 Å². The van der Waals surface area contributed by atoms with Crippen LogP contribution in [0.15, 0.2) is 5.16 Å². The zero-order chi connectivity index (χ0) is 17.4. The van der Waals surface area contributed by atoms with Gasteiger partial charge in [0.05, 0.1) is 0 Å². The van der Waals surface area contributed by atoms with E-state index in [1.807, 2.05) is 0 Å². The Hall–Kier alpha value is -1.26. The number of nitrogens with two attached hydrogens (primary N) is 1.